The lowest BCUT2D eigenvalue weighted by Gasteiger charge is -2.06. The van der Waals surface area contributed by atoms with Crippen molar-refractivity contribution in [3.8, 4) is 5.75 Å². The summed E-state index contributed by atoms with van der Waals surface area (Å²) < 4.78 is 13.3. The molecule has 0 heterocycles. The molecule has 0 aliphatic rings. The van der Waals surface area contributed by atoms with Crippen molar-refractivity contribution in [2.24, 2.45) is 0 Å². The molecule has 0 atom stereocenters. The van der Waals surface area contributed by atoms with Gasteiger partial charge in [0.05, 0.1) is 5.69 Å². The van der Waals surface area contributed by atoms with Gasteiger partial charge in [-0.2, -0.15) is 0 Å². The van der Waals surface area contributed by atoms with E-state index in [-0.39, 0.29) is 23.8 Å². The quantitative estimate of drug-likeness (QED) is 0.827. The van der Waals surface area contributed by atoms with Crippen LogP contribution in [0.25, 0.3) is 0 Å². The average Bonchev–Trinajstić information content (AvgIpc) is 2.43. The van der Waals surface area contributed by atoms with Crippen LogP contribution in [-0.4, -0.2) is 16.8 Å². The molecule has 3 nitrogen and oxygen atoms in total. The van der Waals surface area contributed by atoms with Gasteiger partial charge in [0, 0.05) is 17.1 Å². The minimum absolute atomic E-state index is 0.185. The van der Waals surface area contributed by atoms with Crippen molar-refractivity contribution in [1.82, 2.24) is 0 Å². The molecule has 0 saturated carbocycles. The number of phenolic OH excluding ortho intramolecular Hbond substituents is 1. The predicted molar refractivity (Wildman–Crippen MR) is 78.5 cm³/mol. The van der Waals surface area contributed by atoms with Gasteiger partial charge in [0.15, 0.2) is 0 Å². The Bertz CT molecular complexity index is 604. The third kappa shape index (κ3) is 3.99. The van der Waals surface area contributed by atoms with E-state index in [1.807, 2.05) is 6.07 Å². The fraction of sp³-hybridized carbons (Fsp3) is 0.133. The number of phenols is 1. The van der Waals surface area contributed by atoms with Gasteiger partial charge < -0.3 is 10.4 Å². The molecule has 0 aromatic heterocycles. The van der Waals surface area contributed by atoms with E-state index >= 15 is 0 Å². The van der Waals surface area contributed by atoms with Gasteiger partial charge >= 0.3 is 0 Å². The first-order valence-corrected chi connectivity index (χ1v) is 7.10. The van der Waals surface area contributed by atoms with Crippen LogP contribution in [0, 0.1) is 5.82 Å². The first-order chi connectivity index (χ1) is 9.66. The Kier molecular flexibility index (Phi) is 5.01. The van der Waals surface area contributed by atoms with Gasteiger partial charge in [0.2, 0.25) is 5.91 Å². The van der Waals surface area contributed by atoms with Crippen LogP contribution >= 0.6 is 11.8 Å². The lowest BCUT2D eigenvalue weighted by Crippen LogP contribution is -2.13. The molecule has 20 heavy (non-hydrogen) atoms. The highest BCUT2D eigenvalue weighted by molar-refractivity contribution is 7.99. The lowest BCUT2D eigenvalue weighted by atomic mass is 10.3. The van der Waals surface area contributed by atoms with Gasteiger partial charge in [-0.3, -0.25) is 4.79 Å². The van der Waals surface area contributed by atoms with Gasteiger partial charge in [0.1, 0.15) is 11.6 Å². The van der Waals surface area contributed by atoms with E-state index in [1.165, 1.54) is 23.9 Å². The molecule has 5 heteroatoms. The fourth-order valence-corrected chi connectivity index (χ4v) is 2.51. The summed E-state index contributed by atoms with van der Waals surface area (Å²) in [7, 11) is 0. The van der Waals surface area contributed by atoms with E-state index in [1.54, 1.807) is 30.3 Å². The number of amides is 1. The number of hydrogen-bond donors (Lipinski definition) is 2. The van der Waals surface area contributed by atoms with E-state index in [2.05, 4.69) is 5.32 Å². The van der Waals surface area contributed by atoms with Crippen molar-refractivity contribution in [3.63, 3.8) is 0 Å². The first-order valence-electron chi connectivity index (χ1n) is 6.12. The Morgan fingerprint density at radius 1 is 1.15 bits per heavy atom. The van der Waals surface area contributed by atoms with Crippen LogP contribution in [0.15, 0.2) is 53.4 Å². The molecule has 2 rings (SSSR count). The van der Waals surface area contributed by atoms with Crippen LogP contribution in [0.4, 0.5) is 10.1 Å². The van der Waals surface area contributed by atoms with Gasteiger partial charge in [-0.25, -0.2) is 4.39 Å². The number of rotatable bonds is 5. The predicted octanol–water partition coefficient (Wildman–Crippen LogP) is 3.65. The summed E-state index contributed by atoms with van der Waals surface area (Å²) in [6, 6.07) is 13.0. The van der Waals surface area contributed by atoms with Crippen LogP contribution in [0.3, 0.4) is 0 Å². The topological polar surface area (TPSA) is 49.3 Å². The number of aromatic hydroxyl groups is 1. The molecule has 0 fully saturated rings. The van der Waals surface area contributed by atoms with E-state index in [4.69, 9.17) is 0 Å². The van der Waals surface area contributed by atoms with Crippen molar-refractivity contribution in [2.45, 2.75) is 11.3 Å². The summed E-state index contributed by atoms with van der Waals surface area (Å²) in [5, 5.41) is 12.1. The smallest absolute Gasteiger partial charge is 0.225 e. The van der Waals surface area contributed by atoms with Gasteiger partial charge in [-0.1, -0.05) is 24.3 Å². The zero-order valence-electron chi connectivity index (χ0n) is 10.7. The third-order valence-corrected chi connectivity index (χ3v) is 3.66. The van der Waals surface area contributed by atoms with Crippen LogP contribution in [0.1, 0.15) is 6.42 Å². The maximum absolute atomic E-state index is 13.3. The molecule has 0 unspecified atom stereocenters. The van der Waals surface area contributed by atoms with Crippen molar-refractivity contribution in [3.05, 3.63) is 54.3 Å². The number of benzene rings is 2. The SMILES string of the molecule is O=C(CCSc1ccccc1O)Nc1ccccc1F. The lowest BCUT2D eigenvalue weighted by molar-refractivity contribution is -0.115. The summed E-state index contributed by atoms with van der Waals surface area (Å²) in [6.45, 7) is 0. The Labute approximate surface area is 120 Å². The number of para-hydroxylation sites is 2. The van der Waals surface area contributed by atoms with Crippen molar-refractivity contribution in [2.75, 3.05) is 11.1 Å². The van der Waals surface area contributed by atoms with Crippen molar-refractivity contribution in [1.29, 1.82) is 0 Å². The summed E-state index contributed by atoms with van der Waals surface area (Å²) >= 11 is 1.39. The zero-order chi connectivity index (χ0) is 14.4. The van der Waals surface area contributed by atoms with Crippen molar-refractivity contribution >= 4 is 23.4 Å². The monoisotopic (exact) mass is 291 g/mol. The number of anilines is 1. The van der Waals surface area contributed by atoms with Crippen LogP contribution in [0.5, 0.6) is 5.75 Å². The van der Waals surface area contributed by atoms with E-state index < -0.39 is 5.82 Å². The maximum Gasteiger partial charge on any atom is 0.225 e. The average molecular weight is 291 g/mol. The summed E-state index contributed by atoms with van der Waals surface area (Å²) in [5.41, 5.74) is 0.185. The Morgan fingerprint density at radius 3 is 2.60 bits per heavy atom. The van der Waals surface area contributed by atoms with Crippen LogP contribution in [-0.2, 0) is 4.79 Å². The second kappa shape index (κ2) is 6.96. The molecule has 2 aromatic rings. The highest BCUT2D eigenvalue weighted by Gasteiger charge is 2.07. The van der Waals surface area contributed by atoms with Crippen LogP contribution in [0.2, 0.25) is 0 Å². The number of thioether (sulfide) groups is 1. The number of carbonyl (C=O) groups excluding carboxylic acids is 1. The molecule has 0 saturated heterocycles. The molecule has 104 valence electrons. The minimum Gasteiger partial charge on any atom is -0.507 e. The van der Waals surface area contributed by atoms with E-state index in [9.17, 15) is 14.3 Å². The molecular weight excluding hydrogens is 277 g/mol. The Balaban J connectivity index is 1.82. The molecule has 2 N–H and O–H groups in total. The number of carbonyl (C=O) groups is 1. The molecule has 0 spiro atoms. The fourth-order valence-electron chi connectivity index (χ4n) is 1.61. The third-order valence-electron chi connectivity index (χ3n) is 2.60. The molecule has 0 bridgehead atoms. The summed E-state index contributed by atoms with van der Waals surface area (Å²) in [4.78, 5) is 12.4. The highest BCUT2D eigenvalue weighted by Crippen LogP contribution is 2.28. The summed E-state index contributed by atoms with van der Waals surface area (Å²) in [6.07, 6.45) is 0.243. The molecule has 0 radical (unpaired) electrons. The molecule has 0 aliphatic heterocycles. The molecule has 1 amide bonds. The molecule has 0 aliphatic carbocycles. The molecule has 2 aromatic carbocycles. The first kappa shape index (κ1) is 14.4. The van der Waals surface area contributed by atoms with Gasteiger partial charge in [-0.15, -0.1) is 11.8 Å². The minimum atomic E-state index is -0.450. The Morgan fingerprint density at radius 2 is 1.85 bits per heavy atom. The normalized spacial score (nSPS) is 10.2. The highest BCUT2D eigenvalue weighted by atomic mass is 32.2. The maximum atomic E-state index is 13.3. The molecular formula is C15H14FNO2S. The standard InChI is InChI=1S/C15H14FNO2S/c16-11-5-1-2-6-12(11)17-15(19)9-10-20-14-8-4-3-7-13(14)18/h1-8,18H,9-10H2,(H,17,19). The van der Waals surface area contributed by atoms with Gasteiger partial charge in [-0.05, 0) is 24.3 Å². The van der Waals surface area contributed by atoms with Crippen molar-refractivity contribution < 1.29 is 14.3 Å². The number of halogens is 1. The zero-order valence-corrected chi connectivity index (χ0v) is 11.5. The second-order valence-corrected chi connectivity index (χ2v) is 5.23. The van der Waals surface area contributed by atoms with Crippen LogP contribution < -0.4 is 5.32 Å². The largest absolute Gasteiger partial charge is 0.507 e. The van der Waals surface area contributed by atoms with E-state index in [0.717, 1.165) is 4.90 Å². The number of nitrogens with one attached hydrogen (secondary N) is 1. The van der Waals surface area contributed by atoms with Gasteiger partial charge in [0.25, 0.3) is 0 Å². The second-order valence-electron chi connectivity index (χ2n) is 4.09. The number of hydrogen-bond acceptors (Lipinski definition) is 3. The summed E-state index contributed by atoms with van der Waals surface area (Å²) in [5.74, 6) is 0.0111. The van der Waals surface area contributed by atoms with E-state index in [0.29, 0.717) is 5.75 Å². The Hall–Kier alpha value is -2.01.